The Bertz CT molecular complexity index is 1730. The number of amides is 2. The zero-order chi connectivity index (χ0) is 32.4. The fourth-order valence-corrected chi connectivity index (χ4v) is 6.19. The molecule has 0 saturated carbocycles. The lowest BCUT2D eigenvalue weighted by Crippen LogP contribution is -2.38. The van der Waals surface area contributed by atoms with Crippen LogP contribution in [-0.4, -0.2) is 49.2 Å². The van der Waals surface area contributed by atoms with Gasteiger partial charge in [0.2, 0.25) is 5.95 Å². The van der Waals surface area contributed by atoms with Crippen LogP contribution in [0.3, 0.4) is 0 Å². The van der Waals surface area contributed by atoms with Gasteiger partial charge in [-0.1, -0.05) is 45.0 Å². The summed E-state index contributed by atoms with van der Waals surface area (Å²) in [6.07, 6.45) is 6.74. The summed E-state index contributed by atoms with van der Waals surface area (Å²) in [4.78, 5) is 35.9. The SMILES string of the molecule is CC(=O)OCc1nc(NC(=O)N[C@H]2CC[C@@H](Oc3ccc4nnc(N5CCCCC5C)n4c3)c3ccccc32)cc(C(C)(C)C)n1. The van der Waals surface area contributed by atoms with Crippen molar-refractivity contribution in [2.45, 2.75) is 96.9 Å². The second-order valence-corrected chi connectivity index (χ2v) is 13.2. The summed E-state index contributed by atoms with van der Waals surface area (Å²) in [7, 11) is 0. The molecule has 6 rings (SSSR count). The average Bonchev–Trinajstić information content (AvgIpc) is 3.44. The number of benzene rings is 1. The van der Waals surface area contributed by atoms with Gasteiger partial charge in [0.05, 0.1) is 17.9 Å². The fraction of sp³-hybridized carbons (Fsp3) is 0.471. The molecule has 4 heterocycles. The van der Waals surface area contributed by atoms with Gasteiger partial charge in [-0.2, -0.15) is 0 Å². The molecule has 242 valence electrons. The van der Waals surface area contributed by atoms with E-state index in [0.29, 0.717) is 30.5 Å². The summed E-state index contributed by atoms with van der Waals surface area (Å²) in [5.74, 6) is 1.83. The molecule has 2 aliphatic rings. The van der Waals surface area contributed by atoms with Gasteiger partial charge < -0.3 is 19.7 Å². The summed E-state index contributed by atoms with van der Waals surface area (Å²) in [5.41, 5.74) is 3.26. The van der Waals surface area contributed by atoms with Crippen LogP contribution in [0.1, 0.15) is 102 Å². The third-order valence-electron chi connectivity index (χ3n) is 8.62. The van der Waals surface area contributed by atoms with Gasteiger partial charge in [0.25, 0.3) is 0 Å². The van der Waals surface area contributed by atoms with Crippen molar-refractivity contribution in [2.24, 2.45) is 0 Å². The van der Waals surface area contributed by atoms with E-state index in [-0.39, 0.29) is 30.2 Å². The van der Waals surface area contributed by atoms with Crippen molar-refractivity contribution in [2.75, 3.05) is 16.8 Å². The van der Waals surface area contributed by atoms with Crippen LogP contribution in [0.15, 0.2) is 48.7 Å². The Labute approximate surface area is 268 Å². The van der Waals surface area contributed by atoms with Crippen molar-refractivity contribution < 1.29 is 19.1 Å². The summed E-state index contributed by atoms with van der Waals surface area (Å²) in [5, 5.41) is 14.9. The Morgan fingerprint density at radius 2 is 1.80 bits per heavy atom. The van der Waals surface area contributed by atoms with Crippen molar-refractivity contribution in [1.29, 1.82) is 0 Å². The van der Waals surface area contributed by atoms with E-state index in [1.54, 1.807) is 6.07 Å². The van der Waals surface area contributed by atoms with Crippen molar-refractivity contribution in [3.63, 3.8) is 0 Å². The third kappa shape index (κ3) is 6.90. The van der Waals surface area contributed by atoms with Gasteiger partial charge in [0.15, 0.2) is 18.1 Å². The van der Waals surface area contributed by atoms with Gasteiger partial charge in [-0.25, -0.2) is 14.8 Å². The number of pyridine rings is 1. The summed E-state index contributed by atoms with van der Waals surface area (Å²) < 4.78 is 13.7. The van der Waals surface area contributed by atoms with Gasteiger partial charge in [-0.15, -0.1) is 10.2 Å². The first-order chi connectivity index (χ1) is 22.0. The molecule has 4 aromatic rings. The van der Waals surface area contributed by atoms with E-state index in [9.17, 15) is 9.59 Å². The molecule has 1 aliphatic carbocycles. The minimum atomic E-state index is -0.425. The highest BCUT2D eigenvalue weighted by molar-refractivity contribution is 5.88. The Balaban J connectivity index is 1.17. The van der Waals surface area contributed by atoms with E-state index in [1.165, 1.54) is 13.3 Å². The lowest BCUT2D eigenvalue weighted by atomic mass is 9.85. The average molecular weight is 627 g/mol. The van der Waals surface area contributed by atoms with Crippen LogP contribution >= 0.6 is 0 Å². The largest absolute Gasteiger partial charge is 0.484 e. The maximum Gasteiger partial charge on any atom is 0.320 e. The summed E-state index contributed by atoms with van der Waals surface area (Å²) in [6.45, 7) is 10.5. The van der Waals surface area contributed by atoms with Crippen molar-refractivity contribution in [3.8, 4) is 5.75 Å². The van der Waals surface area contributed by atoms with Crippen LogP contribution in [0.25, 0.3) is 5.65 Å². The standard InChI is InChI=1S/C34H42N8O4/c1-21-10-8-9-17-41(21)33-40-39-31-16-13-23(19-42(31)33)46-27-15-14-26(24-11-6-7-12-25(24)27)35-32(44)38-29-18-28(34(3,4)5)36-30(37-29)20-45-22(2)43/h6-7,11-13,16,18-19,21,26-27H,8-10,14-15,17,20H2,1-5H3,(H2,35,36,37,38,44)/t21?,26-,27+/m0/s1. The molecule has 3 aromatic heterocycles. The minimum absolute atomic E-state index is 0.0735. The molecule has 3 atom stereocenters. The molecule has 12 heteroatoms. The Hall–Kier alpha value is -4.74. The number of ether oxygens (including phenoxy) is 2. The van der Waals surface area contributed by atoms with Gasteiger partial charge in [-0.05, 0) is 62.3 Å². The number of fused-ring (bicyclic) bond motifs is 2. The lowest BCUT2D eigenvalue weighted by molar-refractivity contribution is -0.142. The minimum Gasteiger partial charge on any atom is -0.484 e. The van der Waals surface area contributed by atoms with Crippen molar-refractivity contribution in [3.05, 3.63) is 71.3 Å². The molecule has 0 bridgehead atoms. The molecule has 12 nitrogen and oxygen atoms in total. The second kappa shape index (κ2) is 12.9. The quantitative estimate of drug-likeness (QED) is 0.236. The molecule has 1 aromatic carbocycles. The molecule has 1 aliphatic heterocycles. The van der Waals surface area contributed by atoms with Crippen molar-refractivity contribution >= 4 is 29.4 Å². The molecule has 1 unspecified atom stereocenters. The molecule has 1 saturated heterocycles. The predicted molar refractivity (Wildman–Crippen MR) is 174 cm³/mol. The number of carbonyl (C=O) groups excluding carboxylic acids is 2. The molecular formula is C34H42N8O4. The zero-order valence-electron chi connectivity index (χ0n) is 27.1. The number of rotatable bonds is 7. The molecule has 2 N–H and O–H groups in total. The first-order valence-electron chi connectivity index (χ1n) is 16.0. The number of urea groups is 1. The maximum absolute atomic E-state index is 13.3. The Morgan fingerprint density at radius 3 is 2.57 bits per heavy atom. The van der Waals surface area contributed by atoms with E-state index in [4.69, 9.17) is 9.47 Å². The normalized spacial score (nSPS) is 19.8. The predicted octanol–water partition coefficient (Wildman–Crippen LogP) is 6.04. The van der Waals surface area contributed by atoms with Crippen LogP contribution in [-0.2, 0) is 21.6 Å². The Kier molecular flexibility index (Phi) is 8.79. The number of hydrogen-bond acceptors (Lipinski definition) is 9. The summed E-state index contributed by atoms with van der Waals surface area (Å²) >= 11 is 0. The first kappa shape index (κ1) is 31.3. The van der Waals surface area contributed by atoms with Crippen LogP contribution in [0.5, 0.6) is 5.75 Å². The topological polar surface area (TPSA) is 136 Å². The highest BCUT2D eigenvalue weighted by Gasteiger charge is 2.30. The smallest absolute Gasteiger partial charge is 0.320 e. The third-order valence-corrected chi connectivity index (χ3v) is 8.62. The van der Waals surface area contributed by atoms with E-state index >= 15 is 0 Å². The maximum atomic E-state index is 13.3. The highest BCUT2D eigenvalue weighted by atomic mass is 16.5. The number of carbonyl (C=O) groups is 2. The van der Waals surface area contributed by atoms with Gasteiger partial charge in [-0.3, -0.25) is 14.5 Å². The van der Waals surface area contributed by atoms with E-state index in [1.807, 2.05) is 61.7 Å². The first-order valence-corrected chi connectivity index (χ1v) is 16.0. The number of hydrogen-bond donors (Lipinski definition) is 2. The molecule has 2 amide bonds. The van der Waals surface area contributed by atoms with Crippen LogP contribution < -0.4 is 20.3 Å². The fourth-order valence-electron chi connectivity index (χ4n) is 6.19. The van der Waals surface area contributed by atoms with Crippen LogP contribution in [0.2, 0.25) is 0 Å². The molecule has 1 fully saturated rings. The number of nitrogens with zero attached hydrogens (tertiary/aromatic N) is 6. The number of nitrogens with one attached hydrogen (secondary N) is 2. The monoisotopic (exact) mass is 626 g/mol. The zero-order valence-corrected chi connectivity index (χ0v) is 27.1. The summed E-state index contributed by atoms with van der Waals surface area (Å²) in [6, 6.07) is 13.5. The Morgan fingerprint density at radius 1 is 1.00 bits per heavy atom. The molecular weight excluding hydrogens is 584 g/mol. The number of piperidine rings is 1. The highest BCUT2D eigenvalue weighted by Crippen LogP contribution is 2.39. The number of anilines is 2. The van der Waals surface area contributed by atoms with E-state index < -0.39 is 5.97 Å². The van der Waals surface area contributed by atoms with Crippen LogP contribution in [0.4, 0.5) is 16.6 Å². The van der Waals surface area contributed by atoms with Gasteiger partial charge in [0, 0.05) is 31.0 Å². The van der Waals surface area contributed by atoms with Gasteiger partial charge >= 0.3 is 12.0 Å². The van der Waals surface area contributed by atoms with Gasteiger partial charge in [0.1, 0.15) is 17.7 Å². The number of aromatic nitrogens is 5. The van der Waals surface area contributed by atoms with Crippen LogP contribution in [0, 0.1) is 0 Å². The molecule has 0 spiro atoms. The lowest BCUT2D eigenvalue weighted by Gasteiger charge is -2.33. The number of esters is 1. The second-order valence-electron chi connectivity index (χ2n) is 13.2. The van der Waals surface area contributed by atoms with E-state index in [0.717, 1.165) is 53.6 Å². The van der Waals surface area contributed by atoms with Crippen molar-refractivity contribution in [1.82, 2.24) is 29.9 Å². The van der Waals surface area contributed by atoms with E-state index in [2.05, 4.69) is 48.7 Å². The molecule has 46 heavy (non-hydrogen) atoms. The molecule has 0 radical (unpaired) electrons.